The molecule has 14 N–H and O–H groups in total. The fourth-order valence-electron chi connectivity index (χ4n) is 7.13. The van der Waals surface area contributed by atoms with Gasteiger partial charge >= 0.3 is 5.97 Å². The number of amides is 5. The van der Waals surface area contributed by atoms with Crippen LogP contribution in [0.25, 0.3) is 21.8 Å². The van der Waals surface area contributed by atoms with Crippen LogP contribution < -0.4 is 43.8 Å². The number of nitrogens with two attached hydrogens (primary N) is 3. The summed E-state index contributed by atoms with van der Waals surface area (Å²) in [4.78, 5) is 92.0. The molecule has 18 nitrogen and oxygen atoms in total. The Bertz CT molecular complexity index is 2370. The molecule has 0 aliphatic heterocycles. The number of aromatic nitrogens is 2. The van der Waals surface area contributed by atoms with Crippen molar-refractivity contribution >= 4 is 63.3 Å². The highest BCUT2D eigenvalue weighted by atomic mass is 16.4. The lowest BCUT2D eigenvalue weighted by atomic mass is 9.99. The monoisotopic (exact) mass is 849 g/mol. The summed E-state index contributed by atoms with van der Waals surface area (Å²) >= 11 is 0. The lowest BCUT2D eigenvalue weighted by Gasteiger charge is -2.27. The van der Waals surface area contributed by atoms with Crippen LogP contribution in [-0.4, -0.2) is 99.8 Å². The predicted molar refractivity (Wildman–Crippen MR) is 235 cm³/mol. The number of aliphatic carboxylic acids is 1. The van der Waals surface area contributed by atoms with Crippen LogP contribution in [0.5, 0.6) is 0 Å². The van der Waals surface area contributed by atoms with Gasteiger partial charge < -0.3 is 58.9 Å². The maximum absolute atomic E-state index is 14.6. The molecule has 0 aliphatic carbocycles. The summed E-state index contributed by atoms with van der Waals surface area (Å²) in [5, 5.41) is 25.2. The Morgan fingerprint density at radius 3 is 1.58 bits per heavy atom. The number of H-pyrrole nitrogens is 2. The molecule has 0 saturated carbocycles. The smallest absolute Gasteiger partial charge is 0.326 e. The van der Waals surface area contributed by atoms with Crippen LogP contribution in [0.15, 0.2) is 96.2 Å². The average molecular weight is 850 g/mol. The van der Waals surface area contributed by atoms with Crippen LogP contribution >= 0.6 is 0 Å². The Labute approximate surface area is 358 Å². The van der Waals surface area contributed by atoms with E-state index in [9.17, 15) is 33.9 Å². The van der Waals surface area contributed by atoms with Gasteiger partial charge in [0.05, 0.1) is 6.54 Å². The van der Waals surface area contributed by atoms with Crippen LogP contribution in [0.3, 0.4) is 0 Å². The number of hydrogen-bond donors (Lipinski definition) is 11. The number of rotatable bonds is 22. The van der Waals surface area contributed by atoms with E-state index < -0.39 is 71.6 Å². The highest BCUT2D eigenvalue weighted by Gasteiger charge is 2.34. The van der Waals surface area contributed by atoms with Crippen molar-refractivity contribution in [1.82, 2.24) is 36.6 Å². The number of guanidine groups is 1. The number of aliphatic imine (C=N–C) groups is 1. The molecule has 0 fully saturated rings. The number of nitrogens with zero attached hydrogens (tertiary/aromatic N) is 1. The summed E-state index contributed by atoms with van der Waals surface area (Å²) in [7, 11) is 0. The largest absolute Gasteiger partial charge is 0.480 e. The number of fused-ring (bicyclic) bond motifs is 2. The second-order valence-corrected chi connectivity index (χ2v) is 15.3. The zero-order valence-electron chi connectivity index (χ0n) is 34.7. The topological polar surface area (TPSA) is 305 Å². The summed E-state index contributed by atoms with van der Waals surface area (Å²) in [5.41, 5.74) is 20.1. The number of carboxylic acid groups (broad SMARTS) is 1. The number of carbonyl (C=O) groups is 6. The minimum Gasteiger partial charge on any atom is -0.480 e. The average Bonchev–Trinajstić information content (AvgIpc) is 3.86. The number of carboxylic acids is 1. The zero-order chi connectivity index (χ0) is 44.8. The van der Waals surface area contributed by atoms with Gasteiger partial charge in [-0.3, -0.25) is 29.0 Å². The summed E-state index contributed by atoms with van der Waals surface area (Å²) in [6.07, 6.45) is 3.80. The van der Waals surface area contributed by atoms with Crippen LogP contribution in [0.4, 0.5) is 0 Å². The maximum Gasteiger partial charge on any atom is 0.326 e. The lowest BCUT2D eigenvalue weighted by molar-refractivity contribution is -0.143. The van der Waals surface area contributed by atoms with E-state index in [1.807, 2.05) is 48.5 Å². The Morgan fingerprint density at radius 2 is 1.10 bits per heavy atom. The first-order valence-electron chi connectivity index (χ1n) is 20.4. The molecule has 0 bridgehead atoms. The van der Waals surface area contributed by atoms with Gasteiger partial charge in [0.15, 0.2) is 5.96 Å². The van der Waals surface area contributed by atoms with Crippen LogP contribution in [0.2, 0.25) is 0 Å². The molecule has 0 unspecified atom stereocenters. The van der Waals surface area contributed by atoms with E-state index >= 15 is 0 Å². The number of para-hydroxylation sites is 2. The van der Waals surface area contributed by atoms with E-state index in [4.69, 9.17) is 17.2 Å². The molecule has 2 heterocycles. The second kappa shape index (κ2) is 21.9. The van der Waals surface area contributed by atoms with E-state index in [2.05, 4.69) is 41.5 Å². The van der Waals surface area contributed by atoms with Crippen molar-refractivity contribution < 1.29 is 33.9 Å². The van der Waals surface area contributed by atoms with Gasteiger partial charge in [0.2, 0.25) is 29.5 Å². The Balaban J connectivity index is 1.48. The highest BCUT2D eigenvalue weighted by Crippen LogP contribution is 2.22. The molecule has 5 rings (SSSR count). The minimum atomic E-state index is -1.32. The maximum atomic E-state index is 14.6. The van der Waals surface area contributed by atoms with Crippen molar-refractivity contribution in [2.45, 2.75) is 76.2 Å². The molecule has 0 saturated heterocycles. The van der Waals surface area contributed by atoms with Gasteiger partial charge in [-0.05, 0) is 47.6 Å². The number of aromatic amines is 2. The summed E-state index contributed by atoms with van der Waals surface area (Å²) < 4.78 is 0. The highest BCUT2D eigenvalue weighted by molar-refractivity contribution is 5.97. The first kappa shape index (κ1) is 45.9. The van der Waals surface area contributed by atoms with Crippen molar-refractivity contribution in [2.75, 3.05) is 13.1 Å². The van der Waals surface area contributed by atoms with Crippen LogP contribution in [0, 0.1) is 5.92 Å². The molecule has 18 heteroatoms. The molecule has 2 aromatic heterocycles. The van der Waals surface area contributed by atoms with Crippen molar-refractivity contribution in [3.63, 3.8) is 0 Å². The third-order valence-electron chi connectivity index (χ3n) is 10.4. The van der Waals surface area contributed by atoms with Crippen LogP contribution in [-0.2, 0) is 48.0 Å². The second-order valence-electron chi connectivity index (χ2n) is 15.3. The van der Waals surface area contributed by atoms with E-state index in [0.717, 1.165) is 21.8 Å². The predicted octanol–water partition coefficient (Wildman–Crippen LogP) is 0.854. The molecule has 3 aromatic carbocycles. The summed E-state index contributed by atoms with van der Waals surface area (Å²) in [6.45, 7) is 3.11. The van der Waals surface area contributed by atoms with Gasteiger partial charge in [-0.15, -0.1) is 0 Å². The molecular formula is C44H55N11O7. The van der Waals surface area contributed by atoms with E-state index in [1.54, 1.807) is 56.6 Å². The van der Waals surface area contributed by atoms with Crippen molar-refractivity contribution in [1.29, 1.82) is 0 Å². The van der Waals surface area contributed by atoms with Crippen molar-refractivity contribution in [2.24, 2.45) is 28.1 Å². The molecule has 328 valence electrons. The summed E-state index contributed by atoms with van der Waals surface area (Å²) in [6, 6.07) is 17.5. The first-order valence-corrected chi connectivity index (χ1v) is 20.4. The van der Waals surface area contributed by atoms with E-state index in [-0.39, 0.29) is 44.7 Å². The molecule has 0 aliphatic rings. The van der Waals surface area contributed by atoms with Gasteiger partial charge in [-0.1, -0.05) is 80.6 Å². The molecule has 0 spiro atoms. The van der Waals surface area contributed by atoms with Crippen molar-refractivity contribution in [3.8, 4) is 0 Å². The normalized spacial score (nSPS) is 13.6. The standard InChI is InChI=1S/C44H55N11O7/c1-25(2)38(43(61)62)55-42(60)36(21-28-24-50-32-16-9-7-14-30(28)32)54-41(59)35(20-27-23-49-31-15-8-6-13-29(27)31)53-40(58)34(19-26-11-4-3-5-12-26)52-39(57)33(51-37(56)22-45)17-10-18-48-44(46)47/h3-9,11-16,23-25,33-36,38,49-50H,10,17-22,45H2,1-2H3,(H,51,56)(H,52,57)(H,53,58)(H,54,59)(H,55,60)(H,61,62)(H4,46,47,48)/t33-,34-,35-,36-,38-/m0/s1. The molecule has 0 radical (unpaired) electrons. The fraction of sp³-hybridized carbons (Fsp3) is 0.341. The SMILES string of the molecule is CC(C)[C@H](NC(=O)[C@H](Cc1c[nH]c2ccccc12)NC(=O)[C@H](Cc1c[nH]c2ccccc12)NC(=O)[C@H](Cc1ccccc1)NC(=O)[C@H](CCCN=C(N)N)NC(=O)CN)C(=O)O. The first-order chi connectivity index (χ1) is 29.7. The number of hydrogen-bond acceptors (Lipinski definition) is 8. The van der Waals surface area contributed by atoms with E-state index in [1.165, 1.54) is 0 Å². The Morgan fingerprint density at radius 1 is 0.629 bits per heavy atom. The Hall–Kier alpha value is -7.21. The van der Waals surface area contributed by atoms with Crippen molar-refractivity contribution in [3.05, 3.63) is 108 Å². The van der Waals surface area contributed by atoms with Gasteiger partial charge in [0.1, 0.15) is 30.2 Å². The summed E-state index contributed by atoms with van der Waals surface area (Å²) in [5.74, 6) is -5.32. The molecule has 5 amide bonds. The third kappa shape index (κ3) is 12.7. The minimum absolute atomic E-state index is 0.00275. The number of nitrogens with one attached hydrogen (secondary N) is 7. The van der Waals surface area contributed by atoms with Gasteiger partial charge in [0, 0.05) is 60.0 Å². The zero-order valence-corrected chi connectivity index (χ0v) is 34.7. The lowest BCUT2D eigenvalue weighted by Crippen LogP contribution is -2.60. The molecule has 62 heavy (non-hydrogen) atoms. The molecule has 5 aromatic rings. The molecular weight excluding hydrogens is 795 g/mol. The quantitative estimate of drug-likeness (QED) is 0.0265. The van der Waals surface area contributed by atoms with Gasteiger partial charge in [-0.25, -0.2) is 4.79 Å². The number of benzene rings is 3. The van der Waals surface area contributed by atoms with Gasteiger partial charge in [0.25, 0.3) is 0 Å². The van der Waals surface area contributed by atoms with Gasteiger partial charge in [-0.2, -0.15) is 0 Å². The number of carbonyl (C=O) groups excluding carboxylic acids is 5. The molecule has 5 atom stereocenters. The third-order valence-corrected chi connectivity index (χ3v) is 10.4. The Kier molecular flexibility index (Phi) is 16.2. The fourth-order valence-corrected chi connectivity index (χ4v) is 7.13. The van der Waals surface area contributed by atoms with E-state index in [0.29, 0.717) is 23.1 Å². The van der Waals surface area contributed by atoms with Crippen LogP contribution in [0.1, 0.15) is 43.4 Å².